The van der Waals surface area contributed by atoms with Crippen LogP contribution in [0.4, 0.5) is 5.69 Å². The van der Waals surface area contributed by atoms with Crippen molar-refractivity contribution in [3.8, 4) is 11.5 Å². The van der Waals surface area contributed by atoms with Crippen molar-refractivity contribution >= 4 is 11.6 Å². The third-order valence-electron chi connectivity index (χ3n) is 3.32. The van der Waals surface area contributed by atoms with Gasteiger partial charge in [0.25, 0.3) is 0 Å². The lowest BCUT2D eigenvalue weighted by atomic mass is 10.1. The van der Waals surface area contributed by atoms with Crippen molar-refractivity contribution in [2.45, 2.75) is 25.8 Å². The number of nitrogens with zero attached hydrogens (tertiary/aromatic N) is 2. The second-order valence-corrected chi connectivity index (χ2v) is 4.81. The quantitative estimate of drug-likeness (QED) is 0.889. The Hall–Kier alpha value is -2.21. The number of benzene rings is 1. The molecule has 6 heteroatoms. The summed E-state index contributed by atoms with van der Waals surface area (Å²) < 4.78 is 5.43. The molecule has 1 atom stereocenters. The largest absolute Gasteiger partial charge is 0.421 e. The average Bonchev–Trinajstić information content (AvgIpc) is 3.10. The molecule has 2 heterocycles. The second-order valence-electron chi connectivity index (χ2n) is 4.81. The Morgan fingerprint density at radius 2 is 2.25 bits per heavy atom. The molecule has 1 aliphatic rings. The Kier molecular flexibility index (Phi) is 3.47. The molecule has 0 unspecified atom stereocenters. The molecule has 1 fully saturated rings. The molecule has 1 aromatic carbocycles. The van der Waals surface area contributed by atoms with Crippen LogP contribution in [-0.4, -0.2) is 28.7 Å². The zero-order chi connectivity index (χ0) is 13.9. The zero-order valence-electron chi connectivity index (χ0n) is 11.2. The van der Waals surface area contributed by atoms with Crippen molar-refractivity contribution in [1.29, 1.82) is 0 Å². The lowest BCUT2D eigenvalue weighted by Gasteiger charge is -2.12. The zero-order valence-corrected chi connectivity index (χ0v) is 11.2. The van der Waals surface area contributed by atoms with Crippen LogP contribution < -0.4 is 10.6 Å². The molecule has 104 valence electrons. The van der Waals surface area contributed by atoms with E-state index in [2.05, 4.69) is 20.8 Å². The Balaban J connectivity index is 1.84. The SMILES string of the molecule is Cc1nnc(-c2ccccc2NC(=O)[C@@H]2CCCN2)o1. The molecule has 2 N–H and O–H groups in total. The molecule has 20 heavy (non-hydrogen) atoms. The predicted molar refractivity (Wildman–Crippen MR) is 74.1 cm³/mol. The highest BCUT2D eigenvalue weighted by Gasteiger charge is 2.23. The fraction of sp³-hybridized carbons (Fsp3) is 0.357. The van der Waals surface area contributed by atoms with Gasteiger partial charge in [0.2, 0.25) is 17.7 Å². The predicted octanol–water partition coefficient (Wildman–Crippen LogP) is 1.74. The van der Waals surface area contributed by atoms with Crippen LogP contribution in [0.3, 0.4) is 0 Å². The van der Waals surface area contributed by atoms with Gasteiger partial charge in [-0.1, -0.05) is 12.1 Å². The van der Waals surface area contributed by atoms with Crippen molar-refractivity contribution in [3.63, 3.8) is 0 Å². The van der Waals surface area contributed by atoms with Crippen LogP contribution in [-0.2, 0) is 4.79 Å². The van der Waals surface area contributed by atoms with E-state index in [-0.39, 0.29) is 11.9 Å². The molecule has 1 amide bonds. The van der Waals surface area contributed by atoms with Crippen LogP contribution in [0.5, 0.6) is 0 Å². The second kappa shape index (κ2) is 5.42. The number of nitrogens with one attached hydrogen (secondary N) is 2. The third-order valence-corrected chi connectivity index (χ3v) is 3.32. The van der Waals surface area contributed by atoms with Gasteiger partial charge in [0.15, 0.2) is 0 Å². The number of rotatable bonds is 3. The van der Waals surface area contributed by atoms with E-state index in [0.29, 0.717) is 17.5 Å². The summed E-state index contributed by atoms with van der Waals surface area (Å²) in [7, 11) is 0. The van der Waals surface area contributed by atoms with Gasteiger partial charge in [0.05, 0.1) is 17.3 Å². The van der Waals surface area contributed by atoms with Crippen molar-refractivity contribution in [1.82, 2.24) is 15.5 Å². The number of carbonyl (C=O) groups is 1. The average molecular weight is 272 g/mol. The fourth-order valence-corrected chi connectivity index (χ4v) is 2.31. The van der Waals surface area contributed by atoms with E-state index in [4.69, 9.17) is 4.42 Å². The number of anilines is 1. The minimum absolute atomic E-state index is 0.0220. The van der Waals surface area contributed by atoms with Gasteiger partial charge in [-0.2, -0.15) is 0 Å². The van der Waals surface area contributed by atoms with Crippen molar-refractivity contribution in [2.75, 3.05) is 11.9 Å². The normalized spacial score (nSPS) is 18.1. The topological polar surface area (TPSA) is 80.0 Å². The highest BCUT2D eigenvalue weighted by atomic mass is 16.4. The van der Waals surface area contributed by atoms with Crippen molar-refractivity contribution in [3.05, 3.63) is 30.2 Å². The molecule has 0 bridgehead atoms. The maximum Gasteiger partial charge on any atom is 0.249 e. The number of carbonyl (C=O) groups excluding carboxylic acids is 1. The first-order valence-electron chi connectivity index (χ1n) is 6.68. The Labute approximate surface area is 116 Å². The molecule has 1 aliphatic heterocycles. The first kappa shape index (κ1) is 12.8. The molecule has 3 rings (SSSR count). The number of para-hydroxylation sites is 1. The maximum atomic E-state index is 12.2. The monoisotopic (exact) mass is 272 g/mol. The van der Waals surface area contributed by atoms with Gasteiger partial charge in [-0.15, -0.1) is 10.2 Å². The van der Waals surface area contributed by atoms with Gasteiger partial charge in [-0.25, -0.2) is 0 Å². The summed E-state index contributed by atoms with van der Waals surface area (Å²) in [5.41, 5.74) is 1.43. The smallest absolute Gasteiger partial charge is 0.249 e. The van der Waals surface area contributed by atoms with Crippen LogP contribution in [0.25, 0.3) is 11.5 Å². The van der Waals surface area contributed by atoms with Gasteiger partial charge in [-0.05, 0) is 31.5 Å². The van der Waals surface area contributed by atoms with E-state index in [1.165, 1.54) is 0 Å². The molecule has 0 aliphatic carbocycles. The van der Waals surface area contributed by atoms with Gasteiger partial charge >= 0.3 is 0 Å². The maximum absolute atomic E-state index is 12.2. The van der Waals surface area contributed by atoms with Crippen molar-refractivity contribution in [2.24, 2.45) is 0 Å². The summed E-state index contributed by atoms with van der Waals surface area (Å²) in [6.07, 6.45) is 1.90. The number of hydrogen-bond acceptors (Lipinski definition) is 5. The number of amides is 1. The van der Waals surface area contributed by atoms with E-state index in [1.54, 1.807) is 6.92 Å². The highest BCUT2D eigenvalue weighted by molar-refractivity contribution is 5.97. The summed E-state index contributed by atoms with van der Waals surface area (Å²) in [5.74, 6) is 0.891. The van der Waals surface area contributed by atoms with E-state index >= 15 is 0 Å². The van der Waals surface area contributed by atoms with E-state index in [9.17, 15) is 4.79 Å². The fourth-order valence-electron chi connectivity index (χ4n) is 2.31. The molecule has 1 saturated heterocycles. The van der Waals surface area contributed by atoms with Gasteiger partial charge in [0.1, 0.15) is 0 Å². The summed E-state index contributed by atoms with van der Waals surface area (Å²) in [4.78, 5) is 12.2. The highest BCUT2D eigenvalue weighted by Crippen LogP contribution is 2.27. The first-order chi connectivity index (χ1) is 9.74. The van der Waals surface area contributed by atoms with Crippen LogP contribution in [0.1, 0.15) is 18.7 Å². The summed E-state index contributed by atoms with van der Waals surface area (Å²) >= 11 is 0. The lowest BCUT2D eigenvalue weighted by molar-refractivity contribution is -0.117. The van der Waals surface area contributed by atoms with Crippen molar-refractivity contribution < 1.29 is 9.21 Å². The Bertz CT molecular complexity index is 617. The first-order valence-corrected chi connectivity index (χ1v) is 6.68. The molecule has 0 saturated carbocycles. The lowest BCUT2D eigenvalue weighted by Crippen LogP contribution is -2.35. The standard InChI is InChI=1S/C14H16N4O2/c1-9-17-18-14(20-9)10-5-2-3-6-11(10)16-13(19)12-7-4-8-15-12/h2-3,5-6,12,15H,4,7-8H2,1H3,(H,16,19)/t12-/m0/s1. The van der Waals surface area contributed by atoms with Gasteiger partial charge in [-0.3, -0.25) is 4.79 Å². The molecule has 0 spiro atoms. The molecule has 2 aromatic rings. The number of hydrogen-bond donors (Lipinski definition) is 2. The summed E-state index contributed by atoms with van der Waals surface area (Å²) in [6.45, 7) is 2.63. The summed E-state index contributed by atoms with van der Waals surface area (Å²) in [6, 6.07) is 7.31. The minimum atomic E-state index is -0.118. The van der Waals surface area contributed by atoms with E-state index < -0.39 is 0 Å². The van der Waals surface area contributed by atoms with Gasteiger partial charge < -0.3 is 15.1 Å². The molecule has 0 radical (unpaired) electrons. The van der Waals surface area contributed by atoms with Crippen LogP contribution in [0, 0.1) is 6.92 Å². The van der Waals surface area contributed by atoms with E-state index in [0.717, 1.165) is 24.9 Å². The molecule has 6 nitrogen and oxygen atoms in total. The van der Waals surface area contributed by atoms with Crippen LogP contribution >= 0.6 is 0 Å². The Morgan fingerprint density at radius 3 is 2.95 bits per heavy atom. The third kappa shape index (κ3) is 2.55. The Morgan fingerprint density at radius 1 is 1.40 bits per heavy atom. The molecular formula is C14H16N4O2. The minimum Gasteiger partial charge on any atom is -0.421 e. The van der Waals surface area contributed by atoms with E-state index in [1.807, 2.05) is 24.3 Å². The van der Waals surface area contributed by atoms with Crippen LogP contribution in [0.2, 0.25) is 0 Å². The van der Waals surface area contributed by atoms with Crippen LogP contribution in [0.15, 0.2) is 28.7 Å². The molecule has 1 aromatic heterocycles. The number of aromatic nitrogens is 2. The number of aryl methyl sites for hydroxylation is 1. The van der Waals surface area contributed by atoms with Gasteiger partial charge in [0, 0.05) is 6.92 Å². The summed E-state index contributed by atoms with van der Waals surface area (Å²) in [5, 5.41) is 13.9. The molecular weight excluding hydrogens is 256 g/mol.